The maximum absolute atomic E-state index is 13.1. The second-order valence-electron chi connectivity index (χ2n) is 9.37. The van der Waals surface area contributed by atoms with Gasteiger partial charge in [-0.15, -0.1) is 0 Å². The molecule has 1 amide bonds. The van der Waals surface area contributed by atoms with Crippen LogP contribution in [-0.4, -0.2) is 41.7 Å². The number of amides is 1. The number of carbonyl (C=O) groups excluding carboxylic acids is 1. The van der Waals surface area contributed by atoms with Crippen LogP contribution in [0.2, 0.25) is 0 Å². The number of alkyl carbamates (subject to hydrolysis) is 1. The minimum absolute atomic E-state index is 0.0921. The Labute approximate surface area is 174 Å². The van der Waals surface area contributed by atoms with Crippen LogP contribution in [0.1, 0.15) is 81.1 Å². The smallest absolute Gasteiger partial charge is 0.478 e. The third-order valence-electron chi connectivity index (χ3n) is 3.62. The van der Waals surface area contributed by atoms with Crippen LogP contribution in [0.3, 0.4) is 0 Å². The lowest BCUT2D eigenvalue weighted by Gasteiger charge is -2.32. The van der Waals surface area contributed by atoms with Crippen molar-refractivity contribution < 1.29 is 37.6 Å². The Hall–Kier alpha value is -1.15. The number of carboxylic acids is 1. The molecule has 0 aliphatic carbocycles. The van der Waals surface area contributed by atoms with Crippen LogP contribution in [0.5, 0.6) is 0 Å². The monoisotopic (exact) mass is 439 g/mol. The number of carboxylic acid groups (broad SMARTS) is 1. The summed E-state index contributed by atoms with van der Waals surface area (Å²) in [4.78, 5) is 22.7. The Morgan fingerprint density at radius 2 is 1.62 bits per heavy atom. The molecule has 0 aromatic heterocycles. The summed E-state index contributed by atoms with van der Waals surface area (Å²) in [6.07, 6.45) is 1.56. The predicted octanol–water partition coefficient (Wildman–Crippen LogP) is 5.10. The standard InChI is InChI=1S/C19H38NO8P/c1-9-10-11-19(7,8)28-29(24,27-17(2,3)4)26-14-25-16(23)20-13-18(5,6)12-15(21)22/h9-14H2,1-8H3,(H,20,23)(H,21,22). The van der Waals surface area contributed by atoms with E-state index in [0.29, 0.717) is 6.42 Å². The highest BCUT2D eigenvalue weighted by molar-refractivity contribution is 7.48. The number of ether oxygens (including phenoxy) is 1. The molecule has 0 heterocycles. The summed E-state index contributed by atoms with van der Waals surface area (Å²) in [6.45, 7) is 13.6. The molecular formula is C19H38NO8P. The fourth-order valence-electron chi connectivity index (χ4n) is 2.34. The minimum atomic E-state index is -4.01. The van der Waals surface area contributed by atoms with Gasteiger partial charge in [-0.1, -0.05) is 33.6 Å². The number of phosphoric ester groups is 1. The lowest BCUT2D eigenvalue weighted by Crippen LogP contribution is -2.36. The first-order chi connectivity index (χ1) is 13.0. The van der Waals surface area contributed by atoms with E-state index >= 15 is 0 Å². The maximum Gasteiger partial charge on any atom is 0.478 e. The number of rotatable bonds is 13. The molecule has 29 heavy (non-hydrogen) atoms. The molecule has 0 saturated carbocycles. The molecule has 10 heteroatoms. The van der Waals surface area contributed by atoms with Gasteiger partial charge in [0.1, 0.15) is 0 Å². The molecule has 0 spiro atoms. The molecule has 0 radical (unpaired) electrons. The van der Waals surface area contributed by atoms with Crippen molar-refractivity contribution in [2.24, 2.45) is 5.41 Å². The lowest BCUT2D eigenvalue weighted by atomic mass is 9.89. The second-order valence-corrected chi connectivity index (χ2v) is 10.9. The van der Waals surface area contributed by atoms with Crippen LogP contribution < -0.4 is 5.32 Å². The quantitative estimate of drug-likeness (QED) is 0.300. The van der Waals surface area contributed by atoms with Crippen molar-refractivity contribution in [3.8, 4) is 0 Å². The predicted molar refractivity (Wildman–Crippen MR) is 110 cm³/mol. The van der Waals surface area contributed by atoms with Gasteiger partial charge >= 0.3 is 19.9 Å². The van der Waals surface area contributed by atoms with Gasteiger partial charge in [-0.2, -0.15) is 0 Å². The Morgan fingerprint density at radius 1 is 1.03 bits per heavy atom. The molecule has 0 aliphatic heterocycles. The molecule has 2 N–H and O–H groups in total. The van der Waals surface area contributed by atoms with E-state index in [1.54, 1.807) is 48.5 Å². The Bertz CT molecular complexity index is 583. The van der Waals surface area contributed by atoms with Crippen LogP contribution in [0.15, 0.2) is 0 Å². The van der Waals surface area contributed by atoms with Crippen LogP contribution in [0.4, 0.5) is 4.79 Å². The highest BCUT2D eigenvalue weighted by Gasteiger charge is 2.39. The van der Waals surface area contributed by atoms with Gasteiger partial charge in [0.15, 0.2) is 0 Å². The van der Waals surface area contributed by atoms with Crippen LogP contribution >= 0.6 is 7.82 Å². The molecule has 9 nitrogen and oxygen atoms in total. The summed E-state index contributed by atoms with van der Waals surface area (Å²) in [6, 6.07) is 0. The van der Waals surface area contributed by atoms with Crippen molar-refractivity contribution in [2.45, 2.75) is 92.3 Å². The van der Waals surface area contributed by atoms with Crippen molar-refractivity contribution in [3.63, 3.8) is 0 Å². The molecule has 0 bridgehead atoms. The molecular weight excluding hydrogens is 401 g/mol. The van der Waals surface area contributed by atoms with E-state index < -0.39 is 43.3 Å². The number of carbonyl (C=O) groups is 2. The summed E-state index contributed by atoms with van der Waals surface area (Å²) in [7, 11) is -4.01. The van der Waals surface area contributed by atoms with Gasteiger partial charge in [-0.25, -0.2) is 13.9 Å². The number of phosphoric acid groups is 1. The first-order valence-corrected chi connectivity index (χ1v) is 11.2. The van der Waals surface area contributed by atoms with Gasteiger partial charge in [-0.3, -0.25) is 13.8 Å². The van der Waals surface area contributed by atoms with Crippen LogP contribution in [-0.2, 0) is 27.7 Å². The normalized spacial score (nSPS) is 14.9. The average molecular weight is 439 g/mol. The number of hydrogen-bond donors (Lipinski definition) is 2. The van der Waals surface area contributed by atoms with E-state index in [2.05, 4.69) is 5.32 Å². The van der Waals surface area contributed by atoms with Crippen molar-refractivity contribution in [3.05, 3.63) is 0 Å². The molecule has 0 fully saturated rings. The van der Waals surface area contributed by atoms with E-state index in [1.165, 1.54) is 0 Å². The molecule has 0 aromatic rings. The number of unbranched alkanes of at least 4 members (excludes halogenated alkanes) is 1. The minimum Gasteiger partial charge on any atom is -0.481 e. The number of hydrogen-bond acceptors (Lipinski definition) is 7. The molecule has 0 rings (SSSR count). The zero-order valence-electron chi connectivity index (χ0n) is 19.0. The Kier molecular flexibility index (Phi) is 10.9. The largest absolute Gasteiger partial charge is 0.481 e. The highest BCUT2D eigenvalue weighted by atomic mass is 31.2. The van der Waals surface area contributed by atoms with Crippen LogP contribution in [0, 0.1) is 5.41 Å². The summed E-state index contributed by atoms with van der Waals surface area (Å²) in [5, 5.41) is 11.3. The van der Waals surface area contributed by atoms with Gasteiger partial charge in [0.05, 0.1) is 17.6 Å². The summed E-state index contributed by atoms with van der Waals surface area (Å²) < 4.78 is 34.4. The Balaban J connectivity index is 4.80. The number of nitrogens with one attached hydrogen (secondary N) is 1. The van der Waals surface area contributed by atoms with E-state index in [9.17, 15) is 14.2 Å². The van der Waals surface area contributed by atoms with Gasteiger partial charge in [0.25, 0.3) is 0 Å². The maximum atomic E-state index is 13.1. The fraction of sp³-hybridized carbons (Fsp3) is 0.895. The lowest BCUT2D eigenvalue weighted by molar-refractivity contribution is -0.139. The SMILES string of the molecule is CCCCC(C)(C)OP(=O)(OCOC(=O)NCC(C)(C)CC(=O)O)OC(C)(C)C. The zero-order chi connectivity index (χ0) is 22.9. The van der Waals surface area contributed by atoms with E-state index in [4.69, 9.17) is 23.4 Å². The third kappa shape index (κ3) is 14.5. The van der Waals surface area contributed by atoms with Gasteiger partial charge < -0.3 is 15.2 Å². The van der Waals surface area contributed by atoms with Crippen molar-refractivity contribution in [2.75, 3.05) is 13.3 Å². The number of aliphatic carboxylic acids is 1. The first-order valence-electron chi connectivity index (χ1n) is 9.78. The molecule has 0 aromatic carbocycles. The van der Waals surface area contributed by atoms with E-state index in [0.717, 1.165) is 12.8 Å². The van der Waals surface area contributed by atoms with E-state index in [-0.39, 0.29) is 13.0 Å². The van der Waals surface area contributed by atoms with Crippen molar-refractivity contribution in [1.82, 2.24) is 5.32 Å². The third-order valence-corrected chi connectivity index (χ3v) is 5.53. The second kappa shape index (κ2) is 11.3. The summed E-state index contributed by atoms with van der Waals surface area (Å²) in [5.41, 5.74) is -2.21. The zero-order valence-corrected chi connectivity index (χ0v) is 19.9. The fourth-order valence-corrected chi connectivity index (χ4v) is 4.03. The molecule has 172 valence electrons. The summed E-state index contributed by atoms with van der Waals surface area (Å²) >= 11 is 0. The van der Waals surface area contributed by atoms with Gasteiger partial charge in [-0.05, 0) is 46.5 Å². The molecule has 1 atom stereocenters. The van der Waals surface area contributed by atoms with Gasteiger partial charge in [0, 0.05) is 6.54 Å². The van der Waals surface area contributed by atoms with Gasteiger partial charge in [0.2, 0.25) is 6.79 Å². The Morgan fingerprint density at radius 3 is 2.10 bits per heavy atom. The van der Waals surface area contributed by atoms with Crippen LogP contribution in [0.25, 0.3) is 0 Å². The van der Waals surface area contributed by atoms with Crippen molar-refractivity contribution >= 4 is 19.9 Å². The summed E-state index contributed by atoms with van der Waals surface area (Å²) in [5.74, 6) is -0.961. The molecule has 0 aliphatic rings. The average Bonchev–Trinajstić information content (AvgIpc) is 2.47. The molecule has 0 saturated heterocycles. The molecule has 1 unspecified atom stereocenters. The van der Waals surface area contributed by atoms with Crippen molar-refractivity contribution in [1.29, 1.82) is 0 Å². The van der Waals surface area contributed by atoms with E-state index in [1.807, 2.05) is 6.92 Å². The first kappa shape index (κ1) is 27.8. The topological polar surface area (TPSA) is 120 Å². The highest BCUT2D eigenvalue weighted by Crippen LogP contribution is 2.56.